The van der Waals surface area contributed by atoms with Crippen LogP contribution < -0.4 is 14.2 Å². The number of allylic oxidation sites excluding steroid dienone is 1. The molecule has 2 aromatic carbocycles. The molecule has 0 unspecified atom stereocenters. The van der Waals surface area contributed by atoms with Crippen molar-refractivity contribution in [3.05, 3.63) is 83.7 Å². The van der Waals surface area contributed by atoms with Gasteiger partial charge in [0.15, 0.2) is 11.5 Å². The van der Waals surface area contributed by atoms with Crippen LogP contribution in [0.2, 0.25) is 0 Å². The van der Waals surface area contributed by atoms with Crippen LogP contribution in [-0.4, -0.2) is 25.2 Å². The Morgan fingerprint density at radius 1 is 1.00 bits per heavy atom. The summed E-state index contributed by atoms with van der Waals surface area (Å²) in [6, 6.07) is 17.7. The second kappa shape index (κ2) is 9.20. The molecule has 6 heteroatoms. The molecule has 29 heavy (non-hydrogen) atoms. The van der Waals surface area contributed by atoms with E-state index in [0.29, 0.717) is 39.5 Å². The van der Waals surface area contributed by atoms with E-state index >= 15 is 0 Å². The molecule has 0 aliphatic heterocycles. The zero-order valence-electron chi connectivity index (χ0n) is 16.0. The number of aromatic nitrogens is 1. The summed E-state index contributed by atoms with van der Waals surface area (Å²) in [5.74, 6) is 0.986. The van der Waals surface area contributed by atoms with E-state index in [1.807, 2.05) is 6.07 Å². The highest BCUT2D eigenvalue weighted by Gasteiger charge is 2.10. The average molecular weight is 386 g/mol. The standard InChI is InChI=1S/C23H18N2O4/c1-27-21-9-8-17(13-22(21)28-2)19(14-24)11-16-5-3-7-20(12-16)29-23(26)18-6-4-10-25-15-18/h3-13,15H,1-2H3/b19-11-. The SMILES string of the molecule is COc1ccc(/C(C#N)=C\c2cccc(OC(=O)c3cccnc3)c2)cc1OC. The quantitative estimate of drug-likeness (QED) is 0.271. The zero-order chi connectivity index (χ0) is 20.6. The smallest absolute Gasteiger partial charge is 0.345 e. The van der Waals surface area contributed by atoms with Crippen molar-refractivity contribution in [2.24, 2.45) is 0 Å². The Balaban J connectivity index is 1.86. The molecule has 6 nitrogen and oxygen atoms in total. The van der Waals surface area contributed by atoms with Gasteiger partial charge in [0, 0.05) is 12.4 Å². The molecule has 0 aliphatic rings. The molecule has 0 saturated heterocycles. The van der Waals surface area contributed by atoms with Crippen LogP contribution in [0.25, 0.3) is 11.6 Å². The monoisotopic (exact) mass is 386 g/mol. The molecule has 0 atom stereocenters. The summed E-state index contributed by atoms with van der Waals surface area (Å²) >= 11 is 0. The Labute approximate surface area is 168 Å². The number of carbonyl (C=O) groups is 1. The Morgan fingerprint density at radius 2 is 1.83 bits per heavy atom. The Kier molecular flexibility index (Phi) is 6.23. The molecule has 0 N–H and O–H groups in total. The Morgan fingerprint density at radius 3 is 2.52 bits per heavy atom. The number of benzene rings is 2. The maximum atomic E-state index is 12.2. The number of methoxy groups -OCH3 is 2. The van der Waals surface area contributed by atoms with Gasteiger partial charge in [-0.3, -0.25) is 4.98 Å². The fourth-order valence-electron chi connectivity index (χ4n) is 2.67. The van der Waals surface area contributed by atoms with E-state index in [9.17, 15) is 10.1 Å². The summed E-state index contributed by atoms with van der Waals surface area (Å²) in [5.41, 5.74) is 2.19. The number of carbonyl (C=O) groups excluding carboxylic acids is 1. The van der Waals surface area contributed by atoms with Gasteiger partial charge in [-0.25, -0.2) is 4.79 Å². The lowest BCUT2D eigenvalue weighted by Crippen LogP contribution is -2.08. The van der Waals surface area contributed by atoms with Gasteiger partial charge < -0.3 is 14.2 Å². The number of pyridine rings is 1. The van der Waals surface area contributed by atoms with Crippen molar-refractivity contribution in [1.29, 1.82) is 5.26 Å². The first-order valence-electron chi connectivity index (χ1n) is 8.71. The van der Waals surface area contributed by atoms with E-state index in [1.165, 1.54) is 13.3 Å². The van der Waals surface area contributed by atoms with Gasteiger partial charge in [-0.2, -0.15) is 5.26 Å². The summed E-state index contributed by atoms with van der Waals surface area (Å²) in [7, 11) is 3.09. The van der Waals surface area contributed by atoms with Gasteiger partial charge in [0.25, 0.3) is 0 Å². The van der Waals surface area contributed by atoms with E-state index in [4.69, 9.17) is 14.2 Å². The predicted octanol–water partition coefficient (Wildman–Crippen LogP) is 4.38. The molecule has 1 heterocycles. The lowest BCUT2D eigenvalue weighted by Gasteiger charge is -2.09. The Bertz CT molecular complexity index is 1090. The molecule has 0 aliphatic carbocycles. The van der Waals surface area contributed by atoms with Gasteiger partial charge in [0.2, 0.25) is 0 Å². The van der Waals surface area contributed by atoms with Crippen molar-refractivity contribution in [2.75, 3.05) is 14.2 Å². The first-order valence-corrected chi connectivity index (χ1v) is 8.71. The second-order valence-corrected chi connectivity index (χ2v) is 5.94. The van der Waals surface area contributed by atoms with Crippen molar-refractivity contribution in [3.63, 3.8) is 0 Å². The fraction of sp³-hybridized carbons (Fsp3) is 0.0870. The van der Waals surface area contributed by atoms with E-state index in [0.717, 1.165) is 0 Å². The highest BCUT2D eigenvalue weighted by Crippen LogP contribution is 2.31. The van der Waals surface area contributed by atoms with Crippen LogP contribution in [0.4, 0.5) is 0 Å². The number of nitriles is 1. The molecule has 0 fully saturated rings. The third-order valence-corrected chi connectivity index (χ3v) is 4.09. The number of hydrogen-bond donors (Lipinski definition) is 0. The first-order chi connectivity index (χ1) is 14.1. The van der Waals surface area contributed by atoms with E-state index in [1.54, 1.807) is 67.9 Å². The van der Waals surface area contributed by atoms with Crippen LogP contribution in [0.15, 0.2) is 67.0 Å². The lowest BCUT2D eigenvalue weighted by molar-refractivity contribution is 0.0734. The molecule has 0 amide bonds. The summed E-state index contributed by atoms with van der Waals surface area (Å²) in [5, 5.41) is 9.61. The van der Waals surface area contributed by atoms with Crippen molar-refractivity contribution < 1.29 is 19.0 Å². The van der Waals surface area contributed by atoms with E-state index in [2.05, 4.69) is 11.1 Å². The van der Waals surface area contributed by atoms with Crippen molar-refractivity contribution in [3.8, 4) is 23.3 Å². The van der Waals surface area contributed by atoms with Crippen LogP contribution in [-0.2, 0) is 0 Å². The van der Waals surface area contributed by atoms with Crippen molar-refractivity contribution in [1.82, 2.24) is 4.98 Å². The van der Waals surface area contributed by atoms with E-state index in [-0.39, 0.29) is 0 Å². The highest BCUT2D eigenvalue weighted by atomic mass is 16.5. The molecule has 0 spiro atoms. The molecule has 0 saturated carbocycles. The number of rotatable bonds is 6. The fourth-order valence-corrected chi connectivity index (χ4v) is 2.67. The maximum absolute atomic E-state index is 12.2. The van der Waals surface area contributed by atoms with Crippen molar-refractivity contribution in [2.45, 2.75) is 0 Å². The predicted molar refractivity (Wildman–Crippen MR) is 109 cm³/mol. The van der Waals surface area contributed by atoms with E-state index < -0.39 is 5.97 Å². The molecule has 3 rings (SSSR count). The largest absolute Gasteiger partial charge is 0.493 e. The topological polar surface area (TPSA) is 81.4 Å². The summed E-state index contributed by atoms with van der Waals surface area (Å²) < 4.78 is 15.9. The molecule has 1 aromatic heterocycles. The molecular formula is C23H18N2O4. The molecule has 0 bridgehead atoms. The van der Waals surface area contributed by atoms with Crippen LogP contribution in [0, 0.1) is 11.3 Å². The van der Waals surface area contributed by atoms with Crippen LogP contribution in [0.3, 0.4) is 0 Å². The average Bonchev–Trinajstić information content (AvgIpc) is 2.77. The molecular weight excluding hydrogens is 368 g/mol. The minimum absolute atomic E-state index is 0.358. The zero-order valence-corrected chi connectivity index (χ0v) is 16.0. The molecule has 144 valence electrons. The minimum atomic E-state index is -0.500. The number of esters is 1. The summed E-state index contributed by atoms with van der Waals surface area (Å²) in [6.45, 7) is 0. The number of ether oxygens (including phenoxy) is 3. The Hall–Kier alpha value is -4.11. The van der Waals surface area contributed by atoms with Gasteiger partial charge in [-0.1, -0.05) is 12.1 Å². The third-order valence-electron chi connectivity index (χ3n) is 4.09. The molecule has 0 radical (unpaired) electrons. The van der Waals surface area contributed by atoms with Crippen LogP contribution in [0.1, 0.15) is 21.5 Å². The highest BCUT2D eigenvalue weighted by molar-refractivity contribution is 5.92. The number of hydrogen-bond acceptors (Lipinski definition) is 6. The number of nitrogens with zero attached hydrogens (tertiary/aromatic N) is 2. The van der Waals surface area contributed by atoms with Gasteiger partial charge in [-0.15, -0.1) is 0 Å². The molecule has 3 aromatic rings. The van der Waals surface area contributed by atoms with Gasteiger partial charge >= 0.3 is 5.97 Å². The maximum Gasteiger partial charge on any atom is 0.345 e. The van der Waals surface area contributed by atoms with Gasteiger partial charge in [-0.05, 0) is 59.7 Å². The lowest BCUT2D eigenvalue weighted by atomic mass is 10.0. The van der Waals surface area contributed by atoms with Gasteiger partial charge in [0.05, 0.1) is 31.4 Å². The third kappa shape index (κ3) is 4.79. The van der Waals surface area contributed by atoms with Crippen LogP contribution >= 0.6 is 0 Å². The normalized spacial score (nSPS) is 10.7. The minimum Gasteiger partial charge on any atom is -0.493 e. The summed E-state index contributed by atoms with van der Waals surface area (Å²) in [6.07, 6.45) is 4.74. The first kappa shape index (κ1) is 19.6. The van der Waals surface area contributed by atoms with Crippen LogP contribution in [0.5, 0.6) is 17.2 Å². The van der Waals surface area contributed by atoms with Crippen molar-refractivity contribution >= 4 is 17.6 Å². The summed E-state index contributed by atoms with van der Waals surface area (Å²) in [4.78, 5) is 16.1. The van der Waals surface area contributed by atoms with Gasteiger partial charge in [0.1, 0.15) is 5.75 Å². The second-order valence-electron chi connectivity index (χ2n) is 5.94.